The molecule has 0 unspecified atom stereocenters. The molecule has 4 aromatic rings. The van der Waals surface area contributed by atoms with Crippen molar-refractivity contribution >= 4 is 44.3 Å². The van der Waals surface area contributed by atoms with Crippen molar-refractivity contribution in [1.82, 2.24) is 19.6 Å². The van der Waals surface area contributed by atoms with Crippen molar-refractivity contribution in [3.05, 3.63) is 61.0 Å². The van der Waals surface area contributed by atoms with Crippen LogP contribution in [0.5, 0.6) is 0 Å². The lowest BCUT2D eigenvalue weighted by Crippen LogP contribution is -2.14. The van der Waals surface area contributed by atoms with Crippen LogP contribution in [0, 0.1) is 10.1 Å². The number of aromatic nitrogens is 4. The summed E-state index contributed by atoms with van der Waals surface area (Å²) in [7, 11) is 0. The van der Waals surface area contributed by atoms with E-state index in [2.05, 4.69) is 15.0 Å². The predicted molar refractivity (Wildman–Crippen MR) is 113 cm³/mol. The van der Waals surface area contributed by atoms with Crippen LogP contribution in [0.1, 0.15) is 29.1 Å². The molecular weight excluding hydrogens is 410 g/mol. The third kappa shape index (κ3) is 3.22. The molecular formula is C19H17N5O3S2. The molecule has 1 aliphatic carbocycles. The average Bonchev–Trinajstić information content (AvgIpc) is 3.25. The smallest absolute Gasteiger partial charge is 0.259 e. The zero-order chi connectivity index (χ0) is 20.0. The van der Waals surface area contributed by atoms with E-state index in [4.69, 9.17) is 0 Å². The largest absolute Gasteiger partial charge is 0.310 e. The van der Waals surface area contributed by atoms with Crippen LogP contribution in [0.2, 0.25) is 0 Å². The number of fused-ring (bicyclic) bond motifs is 4. The fraction of sp³-hybridized carbons (Fsp3) is 0.316. The van der Waals surface area contributed by atoms with Gasteiger partial charge in [-0.2, -0.15) is 0 Å². The molecule has 0 aliphatic heterocycles. The number of hydrogen-bond donors (Lipinski definition) is 1. The Balaban J connectivity index is 1.39. The van der Waals surface area contributed by atoms with Crippen LogP contribution >= 0.6 is 23.1 Å². The molecule has 1 N–H and O–H groups in total. The summed E-state index contributed by atoms with van der Waals surface area (Å²) in [6.45, 7) is 0. The molecule has 0 spiro atoms. The lowest BCUT2D eigenvalue weighted by Gasteiger charge is -2.09. The van der Waals surface area contributed by atoms with Gasteiger partial charge in [0.1, 0.15) is 16.2 Å². The first-order valence-corrected chi connectivity index (χ1v) is 11.2. The van der Waals surface area contributed by atoms with Crippen LogP contribution < -0.4 is 5.56 Å². The molecule has 10 heteroatoms. The molecule has 0 saturated heterocycles. The van der Waals surface area contributed by atoms with Gasteiger partial charge in [0.2, 0.25) is 5.16 Å². The molecule has 0 saturated carbocycles. The number of rotatable bonds is 5. The second-order valence-corrected chi connectivity index (χ2v) is 9.08. The fourth-order valence-electron chi connectivity index (χ4n) is 3.81. The number of thiophene rings is 1. The van der Waals surface area contributed by atoms with Crippen LogP contribution in [0.4, 0.5) is 0 Å². The highest BCUT2D eigenvalue weighted by molar-refractivity contribution is 7.99. The van der Waals surface area contributed by atoms with Gasteiger partial charge in [-0.05, 0) is 48.1 Å². The number of para-hydroxylation sites is 2. The number of nitrogens with zero attached hydrogens (tertiary/aromatic N) is 4. The summed E-state index contributed by atoms with van der Waals surface area (Å²) in [6, 6.07) is 6.99. The molecule has 3 aromatic heterocycles. The Kier molecular flexibility index (Phi) is 4.59. The van der Waals surface area contributed by atoms with E-state index in [1.807, 2.05) is 0 Å². The summed E-state index contributed by atoms with van der Waals surface area (Å²) in [5.41, 5.74) is 2.15. The van der Waals surface area contributed by atoms with Gasteiger partial charge in [-0.3, -0.25) is 4.79 Å². The van der Waals surface area contributed by atoms with E-state index in [0.29, 0.717) is 34.2 Å². The van der Waals surface area contributed by atoms with Crippen molar-refractivity contribution in [1.29, 1.82) is 0 Å². The first-order valence-electron chi connectivity index (χ1n) is 9.40. The summed E-state index contributed by atoms with van der Waals surface area (Å²) in [5.74, 6) is 1.13. The number of imidazole rings is 1. The van der Waals surface area contributed by atoms with E-state index in [1.165, 1.54) is 28.6 Å². The second kappa shape index (κ2) is 7.27. The van der Waals surface area contributed by atoms with E-state index in [-0.39, 0.29) is 5.56 Å². The highest BCUT2D eigenvalue weighted by atomic mass is 32.2. The minimum Gasteiger partial charge on any atom is -0.310 e. The van der Waals surface area contributed by atoms with Crippen LogP contribution in [0.3, 0.4) is 0 Å². The third-order valence-electron chi connectivity index (χ3n) is 5.11. The third-order valence-corrected chi connectivity index (χ3v) is 7.23. The van der Waals surface area contributed by atoms with E-state index in [1.54, 1.807) is 35.6 Å². The molecule has 29 heavy (non-hydrogen) atoms. The van der Waals surface area contributed by atoms with E-state index >= 15 is 0 Å². The van der Waals surface area contributed by atoms with Crippen LogP contribution in [-0.2, 0) is 19.3 Å². The molecule has 3 heterocycles. The molecule has 0 bridgehead atoms. The quantitative estimate of drug-likeness (QED) is 0.296. The van der Waals surface area contributed by atoms with Crippen molar-refractivity contribution in [2.75, 3.05) is 5.75 Å². The maximum Gasteiger partial charge on any atom is 0.259 e. The zero-order valence-corrected chi connectivity index (χ0v) is 17.0. The molecule has 0 radical (unpaired) electrons. The average molecular weight is 428 g/mol. The number of H-pyrrole nitrogens is 1. The molecule has 148 valence electrons. The van der Waals surface area contributed by atoms with E-state index in [9.17, 15) is 14.9 Å². The molecule has 0 fully saturated rings. The standard InChI is InChI=1S/C19H17N5O3S2/c25-17-16-11-5-1-4-8-14(11)29-18(16)22-15(21-17)9-10-28-19-20-12-6-2-3-7-13(12)23(19)24(26)27/h2-3,6-7H,1,4-5,8-10H2,(H,21,22,25). The number of nitrogens with one attached hydrogen (secondary N) is 1. The van der Waals surface area contributed by atoms with Gasteiger partial charge in [-0.25, -0.2) is 20.1 Å². The van der Waals surface area contributed by atoms with E-state index in [0.717, 1.165) is 34.2 Å². The zero-order valence-electron chi connectivity index (χ0n) is 15.4. The van der Waals surface area contributed by atoms with Gasteiger partial charge in [0.05, 0.1) is 10.9 Å². The molecule has 0 atom stereocenters. The lowest BCUT2D eigenvalue weighted by molar-refractivity contribution is -0.544. The van der Waals surface area contributed by atoms with Crippen LogP contribution in [0.25, 0.3) is 21.3 Å². The van der Waals surface area contributed by atoms with Crippen molar-refractivity contribution in [2.45, 2.75) is 37.3 Å². The number of aromatic amines is 1. The monoisotopic (exact) mass is 427 g/mol. The van der Waals surface area contributed by atoms with Crippen molar-refractivity contribution in [3.63, 3.8) is 0 Å². The number of hydrogen-bond acceptors (Lipinski definition) is 7. The molecule has 0 amide bonds. The Morgan fingerprint density at radius 1 is 1.24 bits per heavy atom. The summed E-state index contributed by atoms with van der Waals surface area (Å²) in [6.07, 6.45) is 4.76. The first-order chi connectivity index (χ1) is 14.1. The Morgan fingerprint density at radius 3 is 2.93 bits per heavy atom. The number of aryl methyl sites for hydroxylation is 3. The minimum absolute atomic E-state index is 0.0769. The van der Waals surface area contributed by atoms with Crippen molar-refractivity contribution < 1.29 is 5.03 Å². The van der Waals surface area contributed by atoms with Gasteiger partial charge < -0.3 is 4.98 Å². The summed E-state index contributed by atoms with van der Waals surface area (Å²) in [5, 5.41) is 12.1. The SMILES string of the molecule is O=c1[nH]c(CCSc2nc3ccccc3n2[N+](=O)[O-])nc2sc3c(c12)CCCC3. The number of nitro groups is 1. The van der Waals surface area contributed by atoms with Gasteiger partial charge in [-0.1, -0.05) is 23.9 Å². The minimum atomic E-state index is -0.458. The number of thioether (sulfide) groups is 1. The van der Waals surface area contributed by atoms with Crippen molar-refractivity contribution in [2.24, 2.45) is 0 Å². The van der Waals surface area contributed by atoms with Gasteiger partial charge >= 0.3 is 0 Å². The van der Waals surface area contributed by atoms with Gasteiger partial charge in [-0.15, -0.1) is 11.3 Å². The summed E-state index contributed by atoms with van der Waals surface area (Å²) >= 11 is 2.91. The Bertz CT molecular complexity index is 1310. The normalized spacial score (nSPS) is 13.8. The van der Waals surface area contributed by atoms with Gasteiger partial charge in [0, 0.05) is 17.1 Å². The molecule has 1 aliphatic rings. The first kappa shape index (κ1) is 18.3. The van der Waals surface area contributed by atoms with Gasteiger partial charge in [0.15, 0.2) is 5.03 Å². The maximum absolute atomic E-state index is 12.6. The lowest BCUT2D eigenvalue weighted by atomic mass is 9.97. The van der Waals surface area contributed by atoms with Crippen LogP contribution in [-0.4, -0.2) is 30.4 Å². The number of benzene rings is 1. The topological polar surface area (TPSA) is 107 Å². The Labute approximate surface area is 173 Å². The highest BCUT2D eigenvalue weighted by Gasteiger charge is 2.21. The second-order valence-electron chi connectivity index (χ2n) is 6.93. The maximum atomic E-state index is 12.6. The van der Waals surface area contributed by atoms with Crippen molar-refractivity contribution in [3.8, 4) is 0 Å². The van der Waals surface area contributed by atoms with E-state index < -0.39 is 5.03 Å². The highest BCUT2D eigenvalue weighted by Crippen LogP contribution is 2.33. The molecule has 5 rings (SSSR count). The Hall–Kier alpha value is -2.72. The predicted octanol–water partition coefficient (Wildman–Crippen LogP) is 3.59. The summed E-state index contributed by atoms with van der Waals surface area (Å²) in [4.78, 5) is 38.1. The summed E-state index contributed by atoms with van der Waals surface area (Å²) < 4.78 is 1.01. The Morgan fingerprint density at radius 2 is 2.07 bits per heavy atom. The molecule has 8 nitrogen and oxygen atoms in total. The van der Waals surface area contributed by atoms with Gasteiger partial charge in [0.25, 0.3) is 5.56 Å². The fourth-order valence-corrected chi connectivity index (χ4v) is 6.02. The van der Waals surface area contributed by atoms with Crippen LogP contribution in [0.15, 0.2) is 34.2 Å². The molecule has 1 aromatic carbocycles.